The minimum absolute atomic E-state index is 0.155. The SMILES string of the molecule is CC(C)(C(=O)N1CCCC1CCCN)S(C)(=O)=O. The number of amides is 1. The molecule has 0 aromatic carbocycles. The molecule has 18 heavy (non-hydrogen) atoms. The number of hydrogen-bond donors (Lipinski definition) is 1. The van der Waals surface area contributed by atoms with E-state index in [1.54, 1.807) is 4.90 Å². The van der Waals surface area contributed by atoms with Crippen molar-refractivity contribution in [1.29, 1.82) is 0 Å². The Bertz CT molecular complexity index is 404. The summed E-state index contributed by atoms with van der Waals surface area (Å²) in [4.78, 5) is 14.1. The van der Waals surface area contributed by atoms with Gasteiger partial charge in [0.15, 0.2) is 9.84 Å². The minimum atomic E-state index is -3.40. The van der Waals surface area contributed by atoms with Gasteiger partial charge in [-0.25, -0.2) is 8.42 Å². The predicted molar refractivity (Wildman–Crippen MR) is 71.9 cm³/mol. The van der Waals surface area contributed by atoms with Crippen molar-refractivity contribution < 1.29 is 13.2 Å². The summed E-state index contributed by atoms with van der Waals surface area (Å²) in [5.41, 5.74) is 5.48. The highest BCUT2D eigenvalue weighted by atomic mass is 32.2. The van der Waals surface area contributed by atoms with Gasteiger partial charge in [0.2, 0.25) is 5.91 Å². The monoisotopic (exact) mass is 276 g/mol. The van der Waals surface area contributed by atoms with Crippen LogP contribution in [0.3, 0.4) is 0 Å². The number of nitrogens with two attached hydrogens (primary N) is 1. The van der Waals surface area contributed by atoms with E-state index in [0.717, 1.165) is 31.9 Å². The fourth-order valence-electron chi connectivity index (χ4n) is 2.26. The van der Waals surface area contributed by atoms with E-state index in [0.29, 0.717) is 13.1 Å². The topological polar surface area (TPSA) is 80.5 Å². The Morgan fingerprint density at radius 3 is 2.56 bits per heavy atom. The molecule has 1 unspecified atom stereocenters. The summed E-state index contributed by atoms with van der Waals surface area (Å²) in [6, 6.07) is 0.155. The summed E-state index contributed by atoms with van der Waals surface area (Å²) < 4.78 is 22.1. The Morgan fingerprint density at radius 1 is 1.44 bits per heavy atom. The van der Waals surface area contributed by atoms with Gasteiger partial charge >= 0.3 is 0 Å². The largest absolute Gasteiger partial charge is 0.338 e. The summed E-state index contributed by atoms with van der Waals surface area (Å²) in [5.74, 6) is -0.274. The van der Waals surface area contributed by atoms with E-state index < -0.39 is 14.6 Å². The first kappa shape index (κ1) is 15.4. The second-order valence-electron chi connectivity index (χ2n) is 5.51. The average molecular weight is 276 g/mol. The van der Waals surface area contributed by atoms with Crippen molar-refractivity contribution >= 4 is 15.7 Å². The first-order valence-corrected chi connectivity index (χ1v) is 8.31. The molecular weight excluding hydrogens is 252 g/mol. The Hall–Kier alpha value is -0.620. The molecule has 5 nitrogen and oxygen atoms in total. The molecule has 1 aliphatic heterocycles. The molecule has 0 bridgehead atoms. The number of rotatable bonds is 5. The molecule has 106 valence electrons. The van der Waals surface area contributed by atoms with Crippen molar-refractivity contribution in [2.24, 2.45) is 5.73 Å². The second kappa shape index (κ2) is 5.57. The molecule has 1 atom stereocenters. The van der Waals surface area contributed by atoms with E-state index in [9.17, 15) is 13.2 Å². The number of likely N-dealkylation sites (tertiary alicyclic amines) is 1. The normalized spacial score (nSPS) is 21.3. The lowest BCUT2D eigenvalue weighted by Gasteiger charge is -2.32. The lowest BCUT2D eigenvalue weighted by atomic mass is 10.1. The van der Waals surface area contributed by atoms with Crippen LogP contribution in [-0.4, -0.2) is 49.4 Å². The number of hydrogen-bond acceptors (Lipinski definition) is 4. The zero-order valence-corrected chi connectivity index (χ0v) is 12.3. The van der Waals surface area contributed by atoms with E-state index in [1.165, 1.54) is 13.8 Å². The van der Waals surface area contributed by atoms with Gasteiger partial charge < -0.3 is 10.6 Å². The average Bonchev–Trinajstić information content (AvgIpc) is 2.71. The predicted octanol–water partition coefficient (Wildman–Crippen LogP) is 0.540. The van der Waals surface area contributed by atoms with Crippen LogP contribution in [0.15, 0.2) is 0 Å². The van der Waals surface area contributed by atoms with Crippen LogP contribution >= 0.6 is 0 Å². The Kier molecular flexibility index (Phi) is 4.78. The van der Waals surface area contributed by atoms with Crippen molar-refractivity contribution in [2.75, 3.05) is 19.3 Å². The Balaban J connectivity index is 2.83. The van der Waals surface area contributed by atoms with E-state index in [2.05, 4.69) is 0 Å². The van der Waals surface area contributed by atoms with E-state index in [1.807, 2.05) is 0 Å². The van der Waals surface area contributed by atoms with Gasteiger partial charge in [-0.15, -0.1) is 0 Å². The van der Waals surface area contributed by atoms with Crippen LogP contribution in [0.4, 0.5) is 0 Å². The van der Waals surface area contributed by atoms with Gasteiger partial charge in [0.05, 0.1) is 0 Å². The van der Waals surface area contributed by atoms with Gasteiger partial charge in [-0.2, -0.15) is 0 Å². The molecule has 1 fully saturated rings. The highest BCUT2D eigenvalue weighted by molar-refractivity contribution is 7.92. The lowest BCUT2D eigenvalue weighted by molar-refractivity contribution is -0.134. The van der Waals surface area contributed by atoms with Gasteiger partial charge in [0, 0.05) is 18.8 Å². The standard InChI is InChI=1S/C12H24N2O3S/c1-12(2,18(3,16)17)11(15)14-9-5-7-10(14)6-4-8-13/h10H,4-9,13H2,1-3H3. The fourth-order valence-corrected chi connectivity index (χ4v) is 2.70. The Labute approximate surface area is 110 Å². The van der Waals surface area contributed by atoms with Crippen LogP contribution in [0.25, 0.3) is 0 Å². The minimum Gasteiger partial charge on any atom is -0.338 e. The van der Waals surface area contributed by atoms with Crippen LogP contribution in [0.2, 0.25) is 0 Å². The molecule has 2 N–H and O–H groups in total. The molecule has 1 rings (SSSR count). The van der Waals surface area contributed by atoms with Crippen molar-refractivity contribution in [2.45, 2.75) is 50.3 Å². The molecule has 6 heteroatoms. The van der Waals surface area contributed by atoms with Crippen molar-refractivity contribution in [3.05, 3.63) is 0 Å². The molecule has 1 heterocycles. The van der Waals surface area contributed by atoms with Gasteiger partial charge in [-0.3, -0.25) is 4.79 Å². The molecule has 0 saturated carbocycles. The molecule has 0 radical (unpaired) electrons. The number of carbonyl (C=O) groups excluding carboxylic acids is 1. The van der Waals surface area contributed by atoms with E-state index in [4.69, 9.17) is 5.73 Å². The zero-order valence-electron chi connectivity index (χ0n) is 11.5. The molecule has 1 amide bonds. The van der Waals surface area contributed by atoms with Crippen LogP contribution in [0.5, 0.6) is 0 Å². The third kappa shape index (κ3) is 3.03. The highest BCUT2D eigenvalue weighted by Crippen LogP contribution is 2.27. The van der Waals surface area contributed by atoms with Gasteiger partial charge in [0.1, 0.15) is 4.75 Å². The maximum Gasteiger partial charge on any atom is 0.243 e. The molecule has 0 aromatic rings. The third-order valence-electron chi connectivity index (χ3n) is 3.82. The Morgan fingerprint density at radius 2 is 2.06 bits per heavy atom. The van der Waals surface area contributed by atoms with Crippen molar-refractivity contribution in [1.82, 2.24) is 4.90 Å². The molecular formula is C12H24N2O3S. The summed E-state index contributed by atoms with van der Waals surface area (Å²) in [5, 5.41) is 0. The molecule has 1 aliphatic rings. The second-order valence-corrected chi connectivity index (χ2v) is 8.07. The van der Waals surface area contributed by atoms with E-state index >= 15 is 0 Å². The molecule has 0 aromatic heterocycles. The van der Waals surface area contributed by atoms with Gasteiger partial charge in [-0.1, -0.05) is 0 Å². The summed E-state index contributed by atoms with van der Waals surface area (Å²) in [7, 11) is -3.40. The smallest absolute Gasteiger partial charge is 0.243 e. The summed E-state index contributed by atoms with van der Waals surface area (Å²) in [6.07, 6.45) is 4.75. The van der Waals surface area contributed by atoms with Crippen LogP contribution < -0.4 is 5.73 Å². The molecule has 0 aliphatic carbocycles. The molecule has 1 saturated heterocycles. The number of sulfone groups is 1. The van der Waals surface area contributed by atoms with Gasteiger partial charge in [-0.05, 0) is 46.1 Å². The maximum atomic E-state index is 12.4. The third-order valence-corrected chi connectivity index (χ3v) is 5.85. The summed E-state index contributed by atoms with van der Waals surface area (Å²) in [6.45, 7) is 4.24. The lowest BCUT2D eigenvalue weighted by Crippen LogP contribution is -2.51. The number of nitrogens with zero attached hydrogens (tertiary/aromatic N) is 1. The van der Waals surface area contributed by atoms with Crippen LogP contribution in [-0.2, 0) is 14.6 Å². The van der Waals surface area contributed by atoms with Crippen molar-refractivity contribution in [3.63, 3.8) is 0 Å². The first-order valence-electron chi connectivity index (χ1n) is 6.42. The number of carbonyl (C=O) groups is 1. The maximum absolute atomic E-state index is 12.4. The highest BCUT2D eigenvalue weighted by Gasteiger charge is 2.44. The van der Waals surface area contributed by atoms with Crippen molar-refractivity contribution in [3.8, 4) is 0 Å². The molecule has 0 spiro atoms. The van der Waals surface area contributed by atoms with Crippen LogP contribution in [0.1, 0.15) is 39.5 Å². The quantitative estimate of drug-likeness (QED) is 0.794. The summed E-state index contributed by atoms with van der Waals surface area (Å²) >= 11 is 0. The van der Waals surface area contributed by atoms with Gasteiger partial charge in [0.25, 0.3) is 0 Å². The first-order chi connectivity index (χ1) is 8.21. The fraction of sp³-hybridized carbons (Fsp3) is 0.917. The van der Waals surface area contributed by atoms with Crippen LogP contribution in [0, 0.1) is 0 Å². The zero-order chi connectivity index (χ0) is 14.0. The van der Waals surface area contributed by atoms with E-state index in [-0.39, 0.29) is 11.9 Å².